The number of piperazine rings is 1. The van der Waals surface area contributed by atoms with Gasteiger partial charge in [0, 0.05) is 43.6 Å². The van der Waals surface area contributed by atoms with Crippen molar-refractivity contribution in [2.45, 2.75) is 51.6 Å². The predicted molar refractivity (Wildman–Crippen MR) is 80.3 cm³/mol. The summed E-state index contributed by atoms with van der Waals surface area (Å²) in [6, 6.07) is 4.83. The maximum atomic E-state index is 4.20. The quantitative estimate of drug-likeness (QED) is 0.882. The van der Waals surface area contributed by atoms with E-state index in [-0.39, 0.29) is 0 Å². The van der Waals surface area contributed by atoms with E-state index in [9.17, 15) is 0 Å². The Morgan fingerprint density at radius 3 is 2.84 bits per heavy atom. The lowest BCUT2D eigenvalue weighted by Crippen LogP contribution is -2.63. The fourth-order valence-corrected chi connectivity index (χ4v) is 2.94. The third kappa shape index (κ3) is 3.54. The third-order valence-electron chi connectivity index (χ3n) is 4.67. The number of hydrogen-bond donors (Lipinski definition) is 1. The van der Waals surface area contributed by atoms with Gasteiger partial charge in [0.1, 0.15) is 0 Å². The number of nitrogens with zero attached hydrogens (tertiary/aromatic N) is 2. The molecule has 1 aliphatic heterocycles. The highest BCUT2D eigenvalue weighted by Crippen LogP contribution is 2.22. The third-order valence-corrected chi connectivity index (χ3v) is 4.67. The monoisotopic (exact) mass is 261 g/mol. The van der Waals surface area contributed by atoms with E-state index in [1.807, 2.05) is 18.5 Å². The molecule has 3 heteroatoms. The van der Waals surface area contributed by atoms with Crippen molar-refractivity contribution in [2.75, 3.05) is 19.6 Å². The maximum absolute atomic E-state index is 4.20. The molecule has 0 radical (unpaired) electrons. The molecule has 0 aromatic carbocycles. The minimum absolute atomic E-state index is 0.321. The van der Waals surface area contributed by atoms with Crippen LogP contribution in [0.5, 0.6) is 0 Å². The Kier molecular flexibility index (Phi) is 4.94. The number of rotatable bonds is 5. The highest BCUT2D eigenvalue weighted by Gasteiger charge is 2.34. The summed E-state index contributed by atoms with van der Waals surface area (Å²) in [7, 11) is 0. The van der Waals surface area contributed by atoms with Crippen molar-refractivity contribution in [2.24, 2.45) is 0 Å². The molecule has 0 saturated carbocycles. The normalized spacial score (nSPS) is 23.4. The fourth-order valence-electron chi connectivity index (χ4n) is 2.94. The smallest absolute Gasteiger partial charge is 0.0304 e. The van der Waals surface area contributed by atoms with Crippen LogP contribution in [0.3, 0.4) is 0 Å². The van der Waals surface area contributed by atoms with Crippen LogP contribution in [-0.4, -0.2) is 41.1 Å². The van der Waals surface area contributed by atoms with Gasteiger partial charge in [0.2, 0.25) is 0 Å². The van der Waals surface area contributed by atoms with Crippen LogP contribution in [0.1, 0.15) is 39.2 Å². The van der Waals surface area contributed by atoms with Crippen molar-refractivity contribution in [3.8, 4) is 0 Å². The lowest BCUT2D eigenvalue weighted by atomic mass is 9.88. The Balaban J connectivity index is 1.94. The van der Waals surface area contributed by atoms with Gasteiger partial charge in [-0.25, -0.2) is 0 Å². The number of nitrogens with one attached hydrogen (secondary N) is 1. The molecule has 0 aliphatic carbocycles. The van der Waals surface area contributed by atoms with Crippen molar-refractivity contribution in [1.29, 1.82) is 0 Å². The first-order valence-corrected chi connectivity index (χ1v) is 7.57. The molecule has 1 fully saturated rings. The molecule has 1 atom stereocenters. The van der Waals surface area contributed by atoms with Crippen LogP contribution in [-0.2, 0) is 6.42 Å². The zero-order valence-corrected chi connectivity index (χ0v) is 12.5. The summed E-state index contributed by atoms with van der Waals surface area (Å²) in [5.41, 5.74) is 1.66. The Bertz CT molecular complexity index is 373. The van der Waals surface area contributed by atoms with E-state index in [2.05, 4.69) is 42.0 Å². The van der Waals surface area contributed by atoms with E-state index in [1.165, 1.54) is 24.9 Å². The second-order valence-corrected chi connectivity index (χ2v) is 5.80. The first kappa shape index (κ1) is 14.5. The summed E-state index contributed by atoms with van der Waals surface area (Å²) in [4.78, 5) is 6.83. The second-order valence-electron chi connectivity index (χ2n) is 5.80. The van der Waals surface area contributed by atoms with Gasteiger partial charge in [-0.15, -0.1) is 0 Å². The van der Waals surface area contributed by atoms with Gasteiger partial charge in [-0.1, -0.05) is 19.9 Å². The summed E-state index contributed by atoms with van der Waals surface area (Å²) in [6.07, 6.45) is 7.34. The number of aromatic nitrogens is 1. The Morgan fingerprint density at radius 2 is 2.21 bits per heavy atom. The SMILES string of the molecule is CCC1(CC)CN(CCc2cccnc2)C(C)CN1. The Labute approximate surface area is 117 Å². The van der Waals surface area contributed by atoms with E-state index in [4.69, 9.17) is 0 Å². The standard InChI is InChI=1S/C16H27N3/c1-4-16(5-2)13-19(14(3)11-18-16)10-8-15-7-6-9-17-12-15/h6-7,9,12,14,18H,4-5,8,10-11,13H2,1-3H3. The lowest BCUT2D eigenvalue weighted by molar-refractivity contribution is 0.0819. The number of pyridine rings is 1. The molecule has 3 nitrogen and oxygen atoms in total. The van der Waals surface area contributed by atoms with E-state index in [0.29, 0.717) is 11.6 Å². The van der Waals surface area contributed by atoms with Crippen LogP contribution in [0.25, 0.3) is 0 Å². The molecule has 106 valence electrons. The van der Waals surface area contributed by atoms with E-state index in [1.54, 1.807) is 0 Å². The highest BCUT2D eigenvalue weighted by molar-refractivity contribution is 5.09. The van der Waals surface area contributed by atoms with Crippen LogP contribution in [0, 0.1) is 0 Å². The van der Waals surface area contributed by atoms with E-state index >= 15 is 0 Å². The molecule has 1 N–H and O–H groups in total. The predicted octanol–water partition coefficient (Wildman–Crippen LogP) is 2.48. The fraction of sp³-hybridized carbons (Fsp3) is 0.688. The summed E-state index contributed by atoms with van der Waals surface area (Å²) < 4.78 is 0. The van der Waals surface area contributed by atoms with Gasteiger partial charge in [-0.3, -0.25) is 9.88 Å². The van der Waals surface area contributed by atoms with Gasteiger partial charge in [-0.2, -0.15) is 0 Å². The Morgan fingerprint density at radius 1 is 1.42 bits per heavy atom. The topological polar surface area (TPSA) is 28.2 Å². The summed E-state index contributed by atoms with van der Waals surface area (Å²) in [5, 5.41) is 3.76. The first-order valence-electron chi connectivity index (χ1n) is 7.57. The molecule has 1 aromatic rings. The zero-order chi connectivity index (χ0) is 13.7. The highest BCUT2D eigenvalue weighted by atomic mass is 15.2. The first-order chi connectivity index (χ1) is 9.19. The Hall–Kier alpha value is -0.930. The molecule has 1 aromatic heterocycles. The zero-order valence-electron chi connectivity index (χ0n) is 12.5. The van der Waals surface area contributed by atoms with Crippen LogP contribution >= 0.6 is 0 Å². The molecule has 1 unspecified atom stereocenters. The lowest BCUT2D eigenvalue weighted by Gasteiger charge is -2.46. The summed E-state index contributed by atoms with van der Waals surface area (Å²) >= 11 is 0. The van der Waals surface area contributed by atoms with Gasteiger partial charge in [0.15, 0.2) is 0 Å². The molecule has 2 rings (SSSR count). The molecule has 1 aliphatic rings. The van der Waals surface area contributed by atoms with Gasteiger partial charge in [-0.05, 0) is 37.8 Å². The molecule has 0 bridgehead atoms. The average molecular weight is 261 g/mol. The van der Waals surface area contributed by atoms with Crippen LogP contribution < -0.4 is 5.32 Å². The van der Waals surface area contributed by atoms with Crippen molar-refractivity contribution in [3.63, 3.8) is 0 Å². The van der Waals surface area contributed by atoms with Crippen molar-refractivity contribution >= 4 is 0 Å². The van der Waals surface area contributed by atoms with Crippen LogP contribution in [0.2, 0.25) is 0 Å². The molecule has 0 spiro atoms. The molecule has 19 heavy (non-hydrogen) atoms. The summed E-state index contributed by atoms with van der Waals surface area (Å²) in [5.74, 6) is 0. The second kappa shape index (κ2) is 6.49. The van der Waals surface area contributed by atoms with E-state index < -0.39 is 0 Å². The number of hydrogen-bond acceptors (Lipinski definition) is 3. The molecular weight excluding hydrogens is 234 g/mol. The molecular formula is C16H27N3. The minimum atomic E-state index is 0.321. The molecule has 2 heterocycles. The molecule has 1 saturated heterocycles. The van der Waals surface area contributed by atoms with Gasteiger partial charge >= 0.3 is 0 Å². The van der Waals surface area contributed by atoms with Gasteiger partial charge in [0.05, 0.1) is 0 Å². The van der Waals surface area contributed by atoms with Crippen molar-refractivity contribution in [3.05, 3.63) is 30.1 Å². The van der Waals surface area contributed by atoms with Crippen LogP contribution in [0.4, 0.5) is 0 Å². The van der Waals surface area contributed by atoms with Gasteiger partial charge in [0.25, 0.3) is 0 Å². The summed E-state index contributed by atoms with van der Waals surface area (Å²) in [6.45, 7) is 10.3. The average Bonchev–Trinajstić information content (AvgIpc) is 2.48. The van der Waals surface area contributed by atoms with Crippen molar-refractivity contribution in [1.82, 2.24) is 15.2 Å². The van der Waals surface area contributed by atoms with Gasteiger partial charge < -0.3 is 5.32 Å². The maximum Gasteiger partial charge on any atom is 0.0304 e. The largest absolute Gasteiger partial charge is 0.308 e. The van der Waals surface area contributed by atoms with Crippen molar-refractivity contribution < 1.29 is 0 Å². The van der Waals surface area contributed by atoms with Crippen LogP contribution in [0.15, 0.2) is 24.5 Å². The van der Waals surface area contributed by atoms with E-state index in [0.717, 1.165) is 19.5 Å². The minimum Gasteiger partial charge on any atom is -0.308 e. The molecule has 0 amide bonds.